The van der Waals surface area contributed by atoms with Gasteiger partial charge in [-0.3, -0.25) is 96.3 Å². The van der Waals surface area contributed by atoms with Crippen molar-refractivity contribution in [2.75, 3.05) is 110 Å². The molecule has 39 heteroatoms. The molecule has 4 saturated heterocycles. The van der Waals surface area contributed by atoms with Crippen LogP contribution in [0.15, 0.2) is 30.3 Å². The molecule has 16 N–H and O–H groups in total. The third-order valence-electron chi connectivity index (χ3n) is 18.0. The number of nitrogens with zero attached hydrogens (tertiary/aromatic N) is 6. The monoisotopic (exact) mass is 1520 g/mol. The van der Waals surface area contributed by atoms with Crippen LogP contribution in [0.25, 0.3) is 0 Å². The summed E-state index contributed by atoms with van der Waals surface area (Å²) < 4.78 is 0. The number of carbonyl (C=O) groups excluding carboxylic acids is 11. The van der Waals surface area contributed by atoms with Gasteiger partial charge in [0.05, 0.1) is 38.7 Å². The van der Waals surface area contributed by atoms with Crippen LogP contribution in [-0.4, -0.2) is 325 Å². The molecule has 4 aliphatic heterocycles. The average molecular weight is 1520 g/mol. The molecule has 0 radical (unpaired) electrons. The number of hydrogen-bond donors (Lipinski definition) is 15. The van der Waals surface area contributed by atoms with E-state index in [1.807, 2.05) is 6.92 Å². The standard InChI is InChI=1S/C66H101N15O22S2/c1-3-4-6-18-50(83)69-47-39-105-104-38-46(62(99)73-45(33-53(87)88)61(98)70-42(58(67)95)15-9-10-21-68-51(84)34-76-24-26-77(35-54(89)90)28-30-79(37-56(93)94)31-29-78(27-25-76)36-55(91)92)74-60(97)44(32-41-13-7-5-8-14-41)72-59(96)43(19-20-52(85)86)71-64(101)57(40(2)82)75-63(100)48-16-11-22-80(48)66(103)49-17-12-23-81(49)65(47)102/h5,7-8,13-14,40,42-49,57,82H,3-4,6,9-12,15-39H2,1-2H3,(H2,67,95)(H,68,84)(H,69,83)(H,70,98)(H,71,101)(H,72,96)(H,73,99)(H,74,97)(H,75,100)(H,85,86)(H,87,88)(H,89,90)(H,91,92)(H,93,94)/t40-,42+,43+,44+,45+,46+,47+,48+,49+,57+/m1/s1. The number of unbranched alkanes of at least 4 members (excludes halogenated alkanes) is 3. The van der Waals surface area contributed by atoms with Gasteiger partial charge in [0.2, 0.25) is 65.0 Å². The smallest absolute Gasteiger partial charge is 0.317 e. The molecule has 1 aromatic rings. The first-order valence-corrected chi connectivity index (χ1v) is 37.6. The second kappa shape index (κ2) is 44.9. The van der Waals surface area contributed by atoms with Crippen LogP contribution in [0.4, 0.5) is 0 Å². The number of carboxylic acids is 5. The molecule has 0 aromatic heterocycles. The van der Waals surface area contributed by atoms with E-state index in [9.17, 15) is 107 Å². The molecule has 0 saturated carbocycles. The topological polar surface area (TPSA) is 536 Å². The zero-order valence-corrected chi connectivity index (χ0v) is 60.7. The highest BCUT2D eigenvalue weighted by molar-refractivity contribution is 8.76. The normalized spacial score (nSPS) is 23.2. The number of nitrogens with one attached hydrogen (secondary N) is 8. The number of primary amides is 1. The molecule has 0 spiro atoms. The summed E-state index contributed by atoms with van der Waals surface area (Å²) in [5.41, 5.74) is 6.17. The van der Waals surface area contributed by atoms with Crippen LogP contribution in [0.3, 0.4) is 0 Å². The predicted octanol–water partition coefficient (Wildman–Crippen LogP) is -4.45. The summed E-state index contributed by atoms with van der Waals surface area (Å²) in [7, 11) is 1.84. The van der Waals surface area contributed by atoms with Crippen molar-refractivity contribution in [2.24, 2.45) is 5.73 Å². The van der Waals surface area contributed by atoms with Gasteiger partial charge in [0, 0.05) is 103 Å². The van der Waals surface area contributed by atoms with Crippen molar-refractivity contribution in [3.8, 4) is 0 Å². The van der Waals surface area contributed by atoms with Gasteiger partial charge < -0.3 is 88.7 Å². The van der Waals surface area contributed by atoms with E-state index < -0.39 is 180 Å². The Kier molecular flexibility index (Phi) is 37.2. The molecule has 4 fully saturated rings. The van der Waals surface area contributed by atoms with Crippen molar-refractivity contribution in [1.82, 2.24) is 71.9 Å². The zero-order valence-electron chi connectivity index (χ0n) is 59.1. The number of aliphatic hydroxyl groups is 1. The highest BCUT2D eigenvalue weighted by Crippen LogP contribution is 2.29. The number of aliphatic carboxylic acids is 5. The summed E-state index contributed by atoms with van der Waals surface area (Å²) in [5.74, 6) is -17.0. The fraction of sp³-hybridized carbons (Fsp3) is 0.667. The summed E-state index contributed by atoms with van der Waals surface area (Å²) in [6, 6.07) is -6.03. The Morgan fingerprint density at radius 2 is 1.10 bits per heavy atom. The van der Waals surface area contributed by atoms with E-state index >= 15 is 0 Å². The Labute approximate surface area is 615 Å². The van der Waals surface area contributed by atoms with Gasteiger partial charge in [-0.1, -0.05) is 71.7 Å². The number of carboxylic acid groups (broad SMARTS) is 5. The molecule has 4 aliphatic rings. The van der Waals surface area contributed by atoms with E-state index in [1.165, 1.54) is 9.80 Å². The summed E-state index contributed by atoms with van der Waals surface area (Å²) in [6.45, 7) is 3.29. The maximum Gasteiger partial charge on any atom is 0.317 e. The van der Waals surface area contributed by atoms with Crippen LogP contribution in [-0.2, 0) is 83.1 Å². The van der Waals surface area contributed by atoms with Gasteiger partial charge in [0.25, 0.3) is 0 Å². The molecular weight excluding hydrogens is 1420 g/mol. The molecule has 11 amide bonds. The summed E-state index contributed by atoms with van der Waals surface area (Å²) >= 11 is 0. The number of rotatable bonds is 31. The van der Waals surface area contributed by atoms with Gasteiger partial charge in [0.15, 0.2) is 0 Å². The van der Waals surface area contributed by atoms with Crippen molar-refractivity contribution in [3.63, 3.8) is 0 Å². The van der Waals surface area contributed by atoms with E-state index in [0.29, 0.717) is 31.2 Å². The molecule has 37 nitrogen and oxygen atoms in total. The molecule has 0 bridgehead atoms. The van der Waals surface area contributed by atoms with Gasteiger partial charge in [-0.05, 0) is 70.3 Å². The summed E-state index contributed by atoms with van der Waals surface area (Å²) in [6.07, 6.45) is -1.31. The number of nitrogens with two attached hydrogens (primary N) is 1. The molecule has 10 atom stereocenters. The van der Waals surface area contributed by atoms with Crippen molar-refractivity contribution in [2.45, 2.75) is 171 Å². The minimum absolute atomic E-state index is 0.0235. The third-order valence-corrected chi connectivity index (χ3v) is 20.5. The Bertz CT molecular complexity index is 3160. The van der Waals surface area contributed by atoms with E-state index in [-0.39, 0.29) is 149 Å². The highest BCUT2D eigenvalue weighted by atomic mass is 33.1. The van der Waals surface area contributed by atoms with Crippen LogP contribution in [0.2, 0.25) is 0 Å². The Hall–Kier alpha value is -8.76. The van der Waals surface area contributed by atoms with Gasteiger partial charge in [-0.15, -0.1) is 0 Å². The van der Waals surface area contributed by atoms with Crippen molar-refractivity contribution in [1.29, 1.82) is 0 Å². The summed E-state index contributed by atoms with van der Waals surface area (Å²) in [5, 5.41) is 79.8. The fourth-order valence-corrected chi connectivity index (χ4v) is 14.7. The van der Waals surface area contributed by atoms with Gasteiger partial charge in [-0.25, -0.2) is 0 Å². The Morgan fingerprint density at radius 3 is 1.65 bits per heavy atom. The third kappa shape index (κ3) is 30.7. The lowest BCUT2D eigenvalue weighted by atomic mass is 10.0. The number of aliphatic hydroxyl groups excluding tert-OH is 1. The zero-order chi connectivity index (χ0) is 77.3. The van der Waals surface area contributed by atoms with E-state index in [1.54, 1.807) is 49.9 Å². The molecule has 0 aliphatic carbocycles. The van der Waals surface area contributed by atoms with Gasteiger partial charge in [0.1, 0.15) is 54.4 Å². The lowest BCUT2D eigenvalue weighted by Crippen LogP contribution is -2.62. The van der Waals surface area contributed by atoms with Crippen molar-refractivity contribution in [3.05, 3.63) is 35.9 Å². The molecule has 4 heterocycles. The quantitative estimate of drug-likeness (QED) is 0.0246. The Balaban J connectivity index is 1.40. The van der Waals surface area contributed by atoms with E-state index in [2.05, 4.69) is 42.5 Å². The predicted molar refractivity (Wildman–Crippen MR) is 378 cm³/mol. The molecule has 1 aromatic carbocycles. The second-order valence-corrected chi connectivity index (χ2v) is 28.9. The molecular formula is C66H101N15O22S2. The lowest BCUT2D eigenvalue weighted by molar-refractivity contribution is -0.148. The van der Waals surface area contributed by atoms with Gasteiger partial charge in [-0.2, -0.15) is 0 Å². The minimum atomic E-state index is -1.99. The number of benzene rings is 1. The summed E-state index contributed by atoms with van der Waals surface area (Å²) in [4.78, 5) is 225. The first-order valence-electron chi connectivity index (χ1n) is 35.2. The first-order chi connectivity index (χ1) is 49.9. The average Bonchev–Trinajstić information content (AvgIpc) is 1.68. The maximum absolute atomic E-state index is 14.9. The molecule has 5 rings (SSSR count). The maximum atomic E-state index is 14.9. The number of fused-ring (bicyclic) bond motifs is 2. The largest absolute Gasteiger partial charge is 0.481 e. The molecule has 584 valence electrons. The minimum Gasteiger partial charge on any atom is -0.481 e. The highest BCUT2D eigenvalue weighted by Gasteiger charge is 2.45. The Morgan fingerprint density at radius 1 is 0.562 bits per heavy atom. The SMILES string of the molecule is CCCCCC(=O)N[C@H]1CSSC[C@@H](C(=O)N[C@@H](CC(=O)O)C(=O)N[C@@H](CCCCNC(=O)CN2CCN(CC(=O)O)CCN(CC(=O)O)CCN(CC(=O)O)CC2)C(N)=O)NC(=O)[C@H](Cc2ccccc2)NC(=O)[C@H](CCC(=O)O)NC(=O)[C@H]([C@@H](C)O)NC(=O)[C@@H]2CCCN2C(=O)[C@@H]2CCCN2C1=O. The van der Waals surface area contributed by atoms with Crippen LogP contribution in [0.1, 0.15) is 109 Å². The number of amides is 11. The van der Waals surface area contributed by atoms with E-state index in [4.69, 9.17) is 5.73 Å². The van der Waals surface area contributed by atoms with Crippen LogP contribution in [0, 0.1) is 0 Å². The van der Waals surface area contributed by atoms with Crippen LogP contribution in [0.5, 0.6) is 0 Å². The van der Waals surface area contributed by atoms with Crippen LogP contribution < -0.4 is 48.3 Å². The second-order valence-electron chi connectivity index (χ2n) is 26.3. The van der Waals surface area contributed by atoms with Crippen molar-refractivity contribution < 1.29 is 107 Å². The van der Waals surface area contributed by atoms with E-state index in [0.717, 1.165) is 34.9 Å². The first kappa shape index (κ1) is 86.9. The molecule has 0 unspecified atom stereocenters. The number of hydrogen-bond acceptors (Lipinski definition) is 23. The van der Waals surface area contributed by atoms with Gasteiger partial charge >= 0.3 is 29.8 Å². The lowest BCUT2D eigenvalue weighted by Gasteiger charge is -2.33. The number of carbonyl (C=O) groups is 16. The fourth-order valence-electron chi connectivity index (χ4n) is 12.4. The molecule has 105 heavy (non-hydrogen) atoms. The van der Waals surface area contributed by atoms with Crippen molar-refractivity contribution >= 4 is 116 Å². The van der Waals surface area contributed by atoms with Crippen LogP contribution >= 0.6 is 21.6 Å².